The van der Waals surface area contributed by atoms with Gasteiger partial charge in [-0.1, -0.05) is 56.5 Å². The lowest BCUT2D eigenvalue weighted by Gasteiger charge is -2.28. The van der Waals surface area contributed by atoms with Crippen LogP contribution in [0.15, 0.2) is 35.3 Å². The summed E-state index contributed by atoms with van der Waals surface area (Å²) >= 11 is 0. The summed E-state index contributed by atoms with van der Waals surface area (Å²) in [7, 11) is 0. The lowest BCUT2D eigenvalue weighted by molar-refractivity contribution is 0.453. The minimum Gasteiger partial charge on any atom is -0.370 e. The quantitative estimate of drug-likeness (QED) is 0.330. The second-order valence-corrected chi connectivity index (χ2v) is 5.84. The summed E-state index contributed by atoms with van der Waals surface area (Å²) in [5.74, 6) is 0.598. The largest absolute Gasteiger partial charge is 0.370 e. The molecule has 2 rings (SSSR count). The Labute approximate surface area is 145 Å². The van der Waals surface area contributed by atoms with Crippen molar-refractivity contribution in [3.05, 3.63) is 35.9 Å². The molecule has 4 heteroatoms. The van der Waals surface area contributed by atoms with E-state index in [1.54, 1.807) is 0 Å². The highest BCUT2D eigenvalue weighted by Crippen LogP contribution is 2.41. The normalized spacial score (nSPS) is 17.3. The fourth-order valence-corrected chi connectivity index (χ4v) is 3.07. The molecule has 0 aromatic heterocycles. The van der Waals surface area contributed by atoms with Crippen molar-refractivity contribution >= 4 is 29.9 Å². The minimum atomic E-state index is 0. The second kappa shape index (κ2) is 9.28. The number of nitrogens with zero attached hydrogens (tertiary/aromatic N) is 1. The SMILES string of the molecule is CCCCNC(N)=NCC1(c2ccccc2)CCCC1.I. The molecule has 1 aliphatic rings. The Balaban J connectivity index is 0.00000220. The predicted octanol–water partition coefficient (Wildman–Crippen LogP) is 3.82. The van der Waals surface area contributed by atoms with Crippen molar-refractivity contribution in [3.8, 4) is 0 Å². The predicted molar refractivity (Wildman–Crippen MR) is 101 cm³/mol. The van der Waals surface area contributed by atoms with E-state index in [2.05, 4.69) is 47.6 Å². The van der Waals surface area contributed by atoms with E-state index in [0.717, 1.165) is 19.5 Å². The molecule has 118 valence electrons. The first-order valence-electron chi connectivity index (χ1n) is 7.86. The third-order valence-electron chi connectivity index (χ3n) is 4.34. The van der Waals surface area contributed by atoms with Crippen LogP contribution in [0.3, 0.4) is 0 Å². The summed E-state index contributed by atoms with van der Waals surface area (Å²) in [6.45, 7) is 3.91. The zero-order chi connectivity index (χ0) is 14.3. The van der Waals surface area contributed by atoms with Crippen molar-refractivity contribution in [2.45, 2.75) is 50.9 Å². The molecule has 3 N–H and O–H groups in total. The third-order valence-corrected chi connectivity index (χ3v) is 4.34. The molecular formula is C17H28IN3. The summed E-state index contributed by atoms with van der Waals surface area (Å²) in [6, 6.07) is 10.8. The van der Waals surface area contributed by atoms with Gasteiger partial charge in [0.2, 0.25) is 0 Å². The van der Waals surface area contributed by atoms with Gasteiger partial charge in [-0.15, -0.1) is 24.0 Å². The van der Waals surface area contributed by atoms with Crippen LogP contribution in [0.4, 0.5) is 0 Å². The number of aliphatic imine (C=N–C) groups is 1. The van der Waals surface area contributed by atoms with Crippen LogP contribution in [0.2, 0.25) is 0 Å². The van der Waals surface area contributed by atoms with Crippen LogP contribution in [0, 0.1) is 0 Å². The first kappa shape index (κ1) is 18.3. The maximum atomic E-state index is 5.97. The van der Waals surface area contributed by atoms with E-state index in [9.17, 15) is 0 Å². The number of guanidine groups is 1. The number of hydrogen-bond donors (Lipinski definition) is 2. The van der Waals surface area contributed by atoms with Gasteiger partial charge < -0.3 is 11.1 Å². The van der Waals surface area contributed by atoms with E-state index in [-0.39, 0.29) is 29.4 Å². The molecule has 0 aliphatic heterocycles. The van der Waals surface area contributed by atoms with Gasteiger partial charge in [-0.2, -0.15) is 0 Å². The van der Waals surface area contributed by atoms with Crippen LogP contribution >= 0.6 is 24.0 Å². The topological polar surface area (TPSA) is 50.4 Å². The smallest absolute Gasteiger partial charge is 0.188 e. The van der Waals surface area contributed by atoms with Gasteiger partial charge >= 0.3 is 0 Å². The van der Waals surface area contributed by atoms with Crippen molar-refractivity contribution in [1.82, 2.24) is 5.32 Å². The van der Waals surface area contributed by atoms with Gasteiger partial charge in [0.05, 0.1) is 6.54 Å². The summed E-state index contributed by atoms with van der Waals surface area (Å²) in [5.41, 5.74) is 7.59. The Morgan fingerprint density at radius 2 is 1.90 bits per heavy atom. The number of nitrogens with two attached hydrogens (primary N) is 1. The molecule has 1 aliphatic carbocycles. The number of nitrogens with one attached hydrogen (secondary N) is 1. The maximum Gasteiger partial charge on any atom is 0.188 e. The van der Waals surface area contributed by atoms with Crippen LogP contribution in [0.5, 0.6) is 0 Å². The van der Waals surface area contributed by atoms with E-state index >= 15 is 0 Å². The molecule has 0 amide bonds. The molecule has 0 bridgehead atoms. The molecule has 1 fully saturated rings. The summed E-state index contributed by atoms with van der Waals surface area (Å²) in [5, 5.41) is 3.20. The Morgan fingerprint density at radius 3 is 2.52 bits per heavy atom. The number of benzene rings is 1. The minimum absolute atomic E-state index is 0. The van der Waals surface area contributed by atoms with Gasteiger partial charge in [-0.05, 0) is 24.8 Å². The highest BCUT2D eigenvalue weighted by molar-refractivity contribution is 14.0. The van der Waals surface area contributed by atoms with E-state index in [0.29, 0.717) is 5.96 Å². The van der Waals surface area contributed by atoms with E-state index in [4.69, 9.17) is 5.73 Å². The zero-order valence-electron chi connectivity index (χ0n) is 13.0. The molecular weight excluding hydrogens is 373 g/mol. The number of unbranched alkanes of at least 4 members (excludes halogenated alkanes) is 1. The van der Waals surface area contributed by atoms with Crippen LogP contribution in [0.25, 0.3) is 0 Å². The summed E-state index contributed by atoms with van der Waals surface area (Å²) in [6.07, 6.45) is 7.36. The molecule has 1 saturated carbocycles. The second-order valence-electron chi connectivity index (χ2n) is 5.84. The van der Waals surface area contributed by atoms with E-state index in [1.807, 2.05) is 0 Å². The Kier molecular flexibility index (Phi) is 8.07. The van der Waals surface area contributed by atoms with Crippen LogP contribution in [0.1, 0.15) is 51.0 Å². The lowest BCUT2D eigenvalue weighted by Crippen LogP contribution is -2.35. The Bertz CT molecular complexity index is 425. The molecule has 1 aromatic rings. The third kappa shape index (κ3) is 5.16. The monoisotopic (exact) mass is 401 g/mol. The van der Waals surface area contributed by atoms with Gasteiger partial charge in [0.25, 0.3) is 0 Å². The Morgan fingerprint density at radius 1 is 1.24 bits per heavy atom. The van der Waals surface area contributed by atoms with Crippen molar-refractivity contribution in [3.63, 3.8) is 0 Å². The molecule has 0 heterocycles. The van der Waals surface area contributed by atoms with Crippen molar-refractivity contribution in [1.29, 1.82) is 0 Å². The van der Waals surface area contributed by atoms with E-state index < -0.39 is 0 Å². The molecule has 0 saturated heterocycles. The molecule has 3 nitrogen and oxygen atoms in total. The Hall–Kier alpha value is -0.780. The fourth-order valence-electron chi connectivity index (χ4n) is 3.07. The molecule has 0 radical (unpaired) electrons. The summed E-state index contributed by atoms with van der Waals surface area (Å²) < 4.78 is 0. The van der Waals surface area contributed by atoms with Gasteiger partial charge in [0.1, 0.15) is 0 Å². The van der Waals surface area contributed by atoms with Gasteiger partial charge in [-0.3, -0.25) is 4.99 Å². The molecule has 0 unspecified atom stereocenters. The fraction of sp³-hybridized carbons (Fsp3) is 0.588. The van der Waals surface area contributed by atoms with Crippen molar-refractivity contribution < 1.29 is 0 Å². The number of hydrogen-bond acceptors (Lipinski definition) is 1. The van der Waals surface area contributed by atoms with Crippen molar-refractivity contribution in [2.24, 2.45) is 10.7 Å². The van der Waals surface area contributed by atoms with Crippen LogP contribution in [-0.2, 0) is 5.41 Å². The first-order valence-corrected chi connectivity index (χ1v) is 7.86. The zero-order valence-corrected chi connectivity index (χ0v) is 15.3. The lowest BCUT2D eigenvalue weighted by atomic mass is 9.79. The first-order chi connectivity index (χ1) is 9.77. The van der Waals surface area contributed by atoms with Crippen LogP contribution in [-0.4, -0.2) is 19.0 Å². The molecule has 0 spiro atoms. The average molecular weight is 401 g/mol. The van der Waals surface area contributed by atoms with E-state index in [1.165, 1.54) is 37.7 Å². The number of halogens is 1. The molecule has 21 heavy (non-hydrogen) atoms. The standard InChI is InChI=1S/C17H27N3.HI/c1-2-3-13-19-16(18)20-14-17(11-7-8-12-17)15-9-5-4-6-10-15;/h4-6,9-10H,2-3,7-8,11-14H2,1H3,(H3,18,19,20);1H. The molecule has 0 atom stereocenters. The van der Waals surface area contributed by atoms with Gasteiger partial charge in [0.15, 0.2) is 5.96 Å². The highest BCUT2D eigenvalue weighted by atomic mass is 127. The maximum absolute atomic E-state index is 5.97. The average Bonchev–Trinajstić information content (AvgIpc) is 2.97. The molecule has 1 aromatic carbocycles. The summed E-state index contributed by atoms with van der Waals surface area (Å²) in [4.78, 5) is 4.61. The van der Waals surface area contributed by atoms with Gasteiger partial charge in [-0.25, -0.2) is 0 Å². The van der Waals surface area contributed by atoms with Gasteiger partial charge in [0, 0.05) is 12.0 Å². The highest BCUT2D eigenvalue weighted by Gasteiger charge is 2.35. The number of rotatable bonds is 6. The van der Waals surface area contributed by atoms with Crippen LogP contribution < -0.4 is 11.1 Å². The van der Waals surface area contributed by atoms with Crippen molar-refractivity contribution in [2.75, 3.05) is 13.1 Å².